The average molecular weight is 373 g/mol. The van der Waals surface area contributed by atoms with Crippen molar-refractivity contribution in [3.63, 3.8) is 0 Å². The lowest BCUT2D eigenvalue weighted by molar-refractivity contribution is -0.115. The van der Waals surface area contributed by atoms with Crippen LogP contribution >= 0.6 is 23.1 Å². The lowest BCUT2D eigenvalue weighted by atomic mass is 10.1. The van der Waals surface area contributed by atoms with Crippen molar-refractivity contribution in [1.82, 2.24) is 20.2 Å². The number of nitrogens with zero attached hydrogens (tertiary/aromatic N) is 3. The zero-order chi connectivity index (χ0) is 17.8. The number of hydrogen-bond donors (Lipinski definition) is 2. The molecule has 0 radical (unpaired) electrons. The molecule has 7 nitrogen and oxygen atoms in total. The van der Waals surface area contributed by atoms with E-state index in [1.165, 1.54) is 35.4 Å². The summed E-state index contributed by atoms with van der Waals surface area (Å²) in [6, 6.07) is 9.19. The molecule has 0 saturated heterocycles. The van der Waals surface area contributed by atoms with Gasteiger partial charge in [0, 0.05) is 17.8 Å². The molecule has 3 rings (SSSR count). The van der Waals surface area contributed by atoms with Crippen LogP contribution in [-0.2, 0) is 4.79 Å². The fourth-order valence-corrected chi connectivity index (χ4v) is 3.65. The first-order chi connectivity index (χ1) is 12.0. The molecule has 0 aliphatic rings. The Morgan fingerprint density at radius 2 is 2.08 bits per heavy atom. The van der Waals surface area contributed by atoms with E-state index in [-0.39, 0.29) is 11.5 Å². The number of amides is 1. The summed E-state index contributed by atoms with van der Waals surface area (Å²) in [6.45, 7) is 3.73. The van der Waals surface area contributed by atoms with Crippen LogP contribution in [0.4, 0.5) is 5.13 Å². The minimum Gasteiger partial charge on any atom is -0.301 e. The third kappa shape index (κ3) is 4.31. The van der Waals surface area contributed by atoms with E-state index in [1.807, 2.05) is 31.2 Å². The molecule has 0 saturated carbocycles. The predicted octanol–water partition coefficient (Wildman–Crippen LogP) is 2.72. The number of carbonyl (C=O) groups is 1. The van der Waals surface area contributed by atoms with Gasteiger partial charge in [-0.3, -0.25) is 14.9 Å². The first-order valence-electron chi connectivity index (χ1n) is 7.45. The molecule has 9 heteroatoms. The molecule has 0 bridgehead atoms. The van der Waals surface area contributed by atoms with E-state index in [1.54, 1.807) is 6.92 Å². The van der Waals surface area contributed by atoms with E-state index in [0.717, 1.165) is 16.1 Å². The maximum atomic E-state index is 12.3. The number of benzene rings is 1. The van der Waals surface area contributed by atoms with Gasteiger partial charge in [0.2, 0.25) is 11.0 Å². The second kappa shape index (κ2) is 7.58. The highest BCUT2D eigenvalue weighted by molar-refractivity contribution is 8.00. The van der Waals surface area contributed by atoms with Crippen molar-refractivity contribution < 1.29 is 4.79 Å². The predicted molar refractivity (Wildman–Crippen MR) is 98.9 cm³/mol. The van der Waals surface area contributed by atoms with Crippen LogP contribution in [0, 0.1) is 6.92 Å². The largest absolute Gasteiger partial charge is 0.301 e. The average Bonchev–Trinajstić information content (AvgIpc) is 3.03. The van der Waals surface area contributed by atoms with Crippen LogP contribution in [0.1, 0.15) is 12.5 Å². The Hall–Kier alpha value is -2.52. The molecule has 1 unspecified atom stereocenters. The molecule has 0 spiro atoms. The van der Waals surface area contributed by atoms with Gasteiger partial charge in [0.25, 0.3) is 5.56 Å². The summed E-state index contributed by atoms with van der Waals surface area (Å²) < 4.78 is 0. The minimum atomic E-state index is -0.448. The number of carbonyl (C=O) groups excluding carboxylic acids is 1. The van der Waals surface area contributed by atoms with Gasteiger partial charge in [0.15, 0.2) is 5.16 Å². The van der Waals surface area contributed by atoms with E-state index < -0.39 is 5.25 Å². The zero-order valence-corrected chi connectivity index (χ0v) is 15.1. The smallest absolute Gasteiger partial charge is 0.251 e. The molecule has 1 amide bonds. The summed E-state index contributed by atoms with van der Waals surface area (Å²) in [5.41, 5.74) is 1.84. The summed E-state index contributed by atoms with van der Waals surface area (Å²) in [6.07, 6.45) is 1.41. The van der Waals surface area contributed by atoms with Gasteiger partial charge < -0.3 is 4.98 Å². The van der Waals surface area contributed by atoms with Crippen molar-refractivity contribution in [2.75, 3.05) is 5.32 Å². The van der Waals surface area contributed by atoms with Gasteiger partial charge in [-0.05, 0) is 19.4 Å². The van der Waals surface area contributed by atoms with Gasteiger partial charge in [-0.1, -0.05) is 47.4 Å². The molecule has 0 aliphatic heterocycles. The second-order valence-electron chi connectivity index (χ2n) is 5.22. The van der Waals surface area contributed by atoms with Crippen LogP contribution in [-0.4, -0.2) is 31.3 Å². The first-order valence-corrected chi connectivity index (χ1v) is 9.15. The SMILES string of the molecule is Cc1ccccc1-c1nnc(NC(=O)C(C)Sc2nccc(=O)[nH]2)s1. The molecular formula is C16H15N5O2S2. The highest BCUT2D eigenvalue weighted by Gasteiger charge is 2.18. The number of aromatic amines is 1. The van der Waals surface area contributed by atoms with E-state index in [2.05, 4.69) is 25.5 Å². The van der Waals surface area contributed by atoms with E-state index in [0.29, 0.717) is 10.3 Å². The normalized spacial score (nSPS) is 11.9. The number of thioether (sulfide) groups is 1. The second-order valence-corrected chi connectivity index (χ2v) is 7.52. The Bertz CT molecular complexity index is 953. The summed E-state index contributed by atoms with van der Waals surface area (Å²) in [5, 5.41) is 12.1. The summed E-state index contributed by atoms with van der Waals surface area (Å²) in [7, 11) is 0. The van der Waals surface area contributed by atoms with Crippen LogP contribution in [0.25, 0.3) is 10.6 Å². The molecule has 3 aromatic rings. The van der Waals surface area contributed by atoms with Crippen molar-refractivity contribution in [3.05, 3.63) is 52.4 Å². The van der Waals surface area contributed by atoms with Crippen molar-refractivity contribution >= 4 is 34.1 Å². The maximum absolute atomic E-state index is 12.3. The maximum Gasteiger partial charge on any atom is 0.251 e. The molecule has 0 aliphatic carbocycles. The topological polar surface area (TPSA) is 101 Å². The molecule has 128 valence electrons. The van der Waals surface area contributed by atoms with Gasteiger partial charge in [-0.2, -0.15) is 0 Å². The van der Waals surface area contributed by atoms with Crippen molar-refractivity contribution in [3.8, 4) is 10.6 Å². The van der Waals surface area contributed by atoms with Gasteiger partial charge in [-0.25, -0.2) is 4.98 Å². The van der Waals surface area contributed by atoms with Crippen LogP contribution in [0.3, 0.4) is 0 Å². The Labute approximate surface area is 151 Å². The van der Waals surface area contributed by atoms with Crippen molar-refractivity contribution in [1.29, 1.82) is 0 Å². The lowest BCUT2D eigenvalue weighted by Crippen LogP contribution is -2.23. The molecule has 2 aromatic heterocycles. The Balaban J connectivity index is 1.67. The lowest BCUT2D eigenvalue weighted by Gasteiger charge is -2.08. The van der Waals surface area contributed by atoms with Crippen molar-refractivity contribution in [2.45, 2.75) is 24.3 Å². The molecule has 0 fully saturated rings. The number of aromatic nitrogens is 4. The first kappa shape index (κ1) is 17.3. The van der Waals surface area contributed by atoms with Crippen LogP contribution in [0.2, 0.25) is 0 Å². The molecule has 1 atom stereocenters. The van der Waals surface area contributed by atoms with Crippen LogP contribution in [0.5, 0.6) is 0 Å². The monoisotopic (exact) mass is 373 g/mol. The standard InChI is InChI=1S/C16H15N5O2S2/c1-9-5-3-4-6-11(9)14-20-21-16(25-14)19-13(23)10(2)24-15-17-8-7-12(22)18-15/h3-8,10H,1-2H3,(H,17,18,22)(H,19,21,23). The molecule has 2 N–H and O–H groups in total. The Morgan fingerprint density at radius 3 is 2.84 bits per heavy atom. The molecule has 25 heavy (non-hydrogen) atoms. The molecule has 1 aromatic carbocycles. The van der Waals surface area contributed by atoms with E-state index in [9.17, 15) is 9.59 Å². The van der Waals surface area contributed by atoms with Gasteiger partial charge in [-0.15, -0.1) is 10.2 Å². The number of H-pyrrole nitrogens is 1. The molecule has 2 heterocycles. The van der Waals surface area contributed by atoms with E-state index >= 15 is 0 Å². The van der Waals surface area contributed by atoms with E-state index in [4.69, 9.17) is 0 Å². The molecular weight excluding hydrogens is 358 g/mol. The third-order valence-electron chi connectivity index (χ3n) is 3.34. The number of anilines is 1. The zero-order valence-electron chi connectivity index (χ0n) is 13.5. The number of rotatable bonds is 5. The summed E-state index contributed by atoms with van der Waals surface area (Å²) in [5.74, 6) is -0.232. The van der Waals surface area contributed by atoms with Crippen LogP contribution < -0.4 is 10.9 Å². The highest BCUT2D eigenvalue weighted by atomic mass is 32.2. The van der Waals surface area contributed by atoms with Gasteiger partial charge in [0.05, 0.1) is 5.25 Å². The summed E-state index contributed by atoms with van der Waals surface area (Å²) >= 11 is 2.49. The number of aryl methyl sites for hydroxylation is 1. The highest BCUT2D eigenvalue weighted by Crippen LogP contribution is 2.29. The fraction of sp³-hybridized carbons (Fsp3) is 0.188. The quantitative estimate of drug-likeness (QED) is 0.527. The third-order valence-corrected chi connectivity index (χ3v) is 5.21. The van der Waals surface area contributed by atoms with Crippen LogP contribution in [0.15, 0.2) is 46.5 Å². The van der Waals surface area contributed by atoms with Crippen molar-refractivity contribution in [2.24, 2.45) is 0 Å². The fourth-order valence-electron chi connectivity index (χ4n) is 2.04. The Morgan fingerprint density at radius 1 is 1.28 bits per heavy atom. The Kier molecular flexibility index (Phi) is 5.25. The number of hydrogen-bond acceptors (Lipinski definition) is 7. The number of nitrogens with one attached hydrogen (secondary N) is 2. The van der Waals surface area contributed by atoms with Gasteiger partial charge >= 0.3 is 0 Å². The minimum absolute atomic E-state index is 0.232. The van der Waals surface area contributed by atoms with Gasteiger partial charge in [0.1, 0.15) is 5.01 Å². The summed E-state index contributed by atoms with van der Waals surface area (Å²) in [4.78, 5) is 30.2.